The first kappa shape index (κ1) is 12.1. The second-order valence-corrected chi connectivity index (χ2v) is 4.90. The second kappa shape index (κ2) is 5.84. The summed E-state index contributed by atoms with van der Waals surface area (Å²) >= 11 is 1.79. The number of likely N-dealkylation sites (N-methyl/N-ethyl adjacent to an activating group) is 1. The van der Waals surface area contributed by atoms with Crippen molar-refractivity contribution in [1.82, 2.24) is 5.32 Å². The van der Waals surface area contributed by atoms with Crippen LogP contribution in [-0.4, -0.2) is 14.2 Å². The van der Waals surface area contributed by atoms with Gasteiger partial charge >= 0.3 is 0 Å². The highest BCUT2D eigenvalue weighted by atomic mass is 32.1. The van der Waals surface area contributed by atoms with Gasteiger partial charge in [0.25, 0.3) is 0 Å². The van der Waals surface area contributed by atoms with Gasteiger partial charge in [0.05, 0.1) is 7.11 Å². The third-order valence-corrected chi connectivity index (χ3v) is 3.75. The van der Waals surface area contributed by atoms with Gasteiger partial charge in [-0.1, -0.05) is 24.3 Å². The molecule has 0 amide bonds. The van der Waals surface area contributed by atoms with E-state index >= 15 is 0 Å². The minimum absolute atomic E-state index is 0.296. The molecule has 2 nitrogen and oxygen atoms in total. The first-order valence-corrected chi connectivity index (χ1v) is 6.55. The predicted octanol–water partition coefficient (Wildman–Crippen LogP) is 3.26. The highest BCUT2D eigenvalue weighted by molar-refractivity contribution is 7.09. The van der Waals surface area contributed by atoms with Gasteiger partial charge in [0.15, 0.2) is 0 Å². The Bertz CT molecular complexity index is 453. The van der Waals surface area contributed by atoms with E-state index in [0.717, 1.165) is 12.2 Å². The Balaban J connectivity index is 2.22. The Morgan fingerprint density at radius 3 is 2.71 bits per heavy atom. The van der Waals surface area contributed by atoms with E-state index in [1.165, 1.54) is 10.4 Å². The van der Waals surface area contributed by atoms with Gasteiger partial charge in [-0.25, -0.2) is 0 Å². The maximum Gasteiger partial charge on any atom is 0.123 e. The molecule has 17 heavy (non-hydrogen) atoms. The lowest BCUT2D eigenvalue weighted by atomic mass is 10.0. The van der Waals surface area contributed by atoms with Gasteiger partial charge in [-0.15, -0.1) is 11.3 Å². The van der Waals surface area contributed by atoms with Crippen LogP contribution in [0.3, 0.4) is 0 Å². The lowest BCUT2D eigenvalue weighted by Gasteiger charge is -2.18. The number of ether oxygens (including phenoxy) is 1. The number of para-hydroxylation sites is 1. The molecule has 0 fully saturated rings. The van der Waals surface area contributed by atoms with Gasteiger partial charge in [0, 0.05) is 22.9 Å². The zero-order chi connectivity index (χ0) is 12.1. The number of benzene rings is 1. The summed E-state index contributed by atoms with van der Waals surface area (Å²) in [7, 11) is 3.71. The van der Waals surface area contributed by atoms with Crippen LogP contribution >= 0.6 is 11.3 Å². The van der Waals surface area contributed by atoms with Crippen LogP contribution in [0, 0.1) is 0 Å². The highest BCUT2D eigenvalue weighted by Gasteiger charge is 2.14. The van der Waals surface area contributed by atoms with E-state index in [-0.39, 0.29) is 0 Å². The SMILES string of the molecule is CNC(Cc1cccs1)c1ccccc1OC. The van der Waals surface area contributed by atoms with Crippen molar-refractivity contribution in [3.05, 3.63) is 52.2 Å². The molecule has 1 N–H and O–H groups in total. The molecule has 1 aromatic heterocycles. The smallest absolute Gasteiger partial charge is 0.123 e. The molecule has 0 aliphatic heterocycles. The van der Waals surface area contributed by atoms with E-state index in [4.69, 9.17) is 4.74 Å². The molecule has 0 saturated carbocycles. The third kappa shape index (κ3) is 2.87. The number of nitrogens with one attached hydrogen (secondary N) is 1. The van der Waals surface area contributed by atoms with Crippen molar-refractivity contribution in [3.8, 4) is 5.75 Å². The van der Waals surface area contributed by atoms with Gasteiger partial charge in [-0.3, -0.25) is 0 Å². The molecule has 0 aliphatic carbocycles. The van der Waals surface area contributed by atoms with Crippen molar-refractivity contribution >= 4 is 11.3 Å². The minimum atomic E-state index is 0.296. The number of methoxy groups -OCH3 is 1. The Morgan fingerprint density at radius 2 is 2.06 bits per heavy atom. The largest absolute Gasteiger partial charge is 0.496 e. The normalized spacial score (nSPS) is 12.4. The summed E-state index contributed by atoms with van der Waals surface area (Å²) < 4.78 is 5.41. The summed E-state index contributed by atoms with van der Waals surface area (Å²) in [6, 6.07) is 12.7. The quantitative estimate of drug-likeness (QED) is 0.875. The van der Waals surface area contributed by atoms with Crippen LogP contribution < -0.4 is 10.1 Å². The molecular weight excluding hydrogens is 230 g/mol. The molecule has 1 aromatic carbocycles. The average Bonchev–Trinajstić information content (AvgIpc) is 2.89. The minimum Gasteiger partial charge on any atom is -0.496 e. The Kier molecular flexibility index (Phi) is 4.18. The maximum absolute atomic E-state index is 5.41. The van der Waals surface area contributed by atoms with Gasteiger partial charge in [-0.2, -0.15) is 0 Å². The zero-order valence-corrected chi connectivity index (χ0v) is 11.0. The summed E-state index contributed by atoms with van der Waals surface area (Å²) in [4.78, 5) is 1.38. The summed E-state index contributed by atoms with van der Waals surface area (Å²) in [5.41, 5.74) is 1.21. The van der Waals surface area contributed by atoms with Crippen LogP contribution in [0.15, 0.2) is 41.8 Å². The van der Waals surface area contributed by atoms with Crippen LogP contribution in [0.25, 0.3) is 0 Å². The van der Waals surface area contributed by atoms with Crippen molar-refractivity contribution in [3.63, 3.8) is 0 Å². The molecule has 0 spiro atoms. The van der Waals surface area contributed by atoms with Gasteiger partial charge in [0.2, 0.25) is 0 Å². The molecule has 0 bridgehead atoms. The molecule has 0 saturated heterocycles. The first-order valence-electron chi connectivity index (χ1n) is 5.67. The molecule has 2 rings (SSSR count). The van der Waals surface area contributed by atoms with Crippen molar-refractivity contribution in [2.75, 3.05) is 14.2 Å². The molecule has 1 heterocycles. The van der Waals surface area contributed by atoms with E-state index < -0.39 is 0 Å². The van der Waals surface area contributed by atoms with Crippen molar-refractivity contribution in [2.45, 2.75) is 12.5 Å². The summed E-state index contributed by atoms with van der Waals surface area (Å²) in [5, 5.41) is 5.47. The average molecular weight is 247 g/mol. The number of thiophene rings is 1. The van der Waals surface area contributed by atoms with Crippen LogP contribution in [-0.2, 0) is 6.42 Å². The van der Waals surface area contributed by atoms with Crippen molar-refractivity contribution in [2.24, 2.45) is 0 Å². The van der Waals surface area contributed by atoms with Gasteiger partial charge in [0.1, 0.15) is 5.75 Å². The summed E-state index contributed by atoms with van der Waals surface area (Å²) in [6.07, 6.45) is 0.995. The van der Waals surface area contributed by atoms with E-state index in [1.807, 2.05) is 19.2 Å². The number of rotatable bonds is 5. The van der Waals surface area contributed by atoms with Crippen LogP contribution in [0.1, 0.15) is 16.5 Å². The van der Waals surface area contributed by atoms with Crippen molar-refractivity contribution in [1.29, 1.82) is 0 Å². The molecule has 90 valence electrons. The molecule has 0 radical (unpaired) electrons. The molecular formula is C14H17NOS. The Labute approximate surface area is 106 Å². The molecule has 1 unspecified atom stereocenters. The molecule has 1 atom stereocenters. The summed E-state index contributed by atoms with van der Waals surface area (Å²) in [5.74, 6) is 0.948. The predicted molar refractivity (Wildman–Crippen MR) is 72.8 cm³/mol. The van der Waals surface area contributed by atoms with Gasteiger partial charge < -0.3 is 10.1 Å². The van der Waals surface area contributed by atoms with Crippen molar-refractivity contribution < 1.29 is 4.74 Å². The first-order chi connectivity index (χ1) is 8.35. The zero-order valence-electron chi connectivity index (χ0n) is 10.1. The van der Waals surface area contributed by atoms with E-state index in [2.05, 4.69) is 35.0 Å². The number of hydrogen-bond acceptors (Lipinski definition) is 3. The topological polar surface area (TPSA) is 21.3 Å². The molecule has 0 aliphatic rings. The van der Waals surface area contributed by atoms with Gasteiger partial charge in [-0.05, 0) is 24.6 Å². The van der Waals surface area contributed by atoms with E-state index in [0.29, 0.717) is 6.04 Å². The second-order valence-electron chi connectivity index (χ2n) is 3.87. The van der Waals surface area contributed by atoms with Crippen LogP contribution in [0.2, 0.25) is 0 Å². The molecule has 2 aromatic rings. The Hall–Kier alpha value is -1.32. The van der Waals surface area contributed by atoms with E-state index in [9.17, 15) is 0 Å². The third-order valence-electron chi connectivity index (χ3n) is 2.85. The van der Waals surface area contributed by atoms with Crippen LogP contribution in [0.4, 0.5) is 0 Å². The fourth-order valence-corrected chi connectivity index (χ4v) is 2.70. The fourth-order valence-electron chi connectivity index (χ4n) is 1.95. The monoisotopic (exact) mass is 247 g/mol. The van der Waals surface area contributed by atoms with E-state index in [1.54, 1.807) is 18.4 Å². The number of hydrogen-bond donors (Lipinski definition) is 1. The van der Waals surface area contributed by atoms with Crippen LogP contribution in [0.5, 0.6) is 5.75 Å². The highest BCUT2D eigenvalue weighted by Crippen LogP contribution is 2.28. The lowest BCUT2D eigenvalue weighted by Crippen LogP contribution is -2.19. The standard InChI is InChI=1S/C14H17NOS/c1-15-13(10-11-6-5-9-17-11)12-7-3-4-8-14(12)16-2/h3-9,13,15H,10H2,1-2H3. The molecule has 3 heteroatoms. The summed E-state index contributed by atoms with van der Waals surface area (Å²) in [6.45, 7) is 0. The Morgan fingerprint density at radius 1 is 1.24 bits per heavy atom. The fraction of sp³-hybridized carbons (Fsp3) is 0.286. The maximum atomic E-state index is 5.41. The lowest BCUT2D eigenvalue weighted by molar-refractivity contribution is 0.401.